The first-order valence-electron chi connectivity index (χ1n) is 5.17. The van der Waals surface area contributed by atoms with Gasteiger partial charge in [-0.1, -0.05) is 15.9 Å². The standard InChI is InChI=1S/C10H10Br2N4O2S/c1-5-3-8(12)9(4-7(5)11)19(17,18)16-10-13-6(2)14-15-10/h3-4H,1-2H3,(H2,13,14,15,16). The first-order chi connectivity index (χ1) is 8.79. The SMILES string of the molecule is Cc1nc(NS(=O)(=O)c2cc(Br)c(C)cc2Br)n[nH]1. The van der Waals surface area contributed by atoms with Crippen molar-refractivity contribution in [3.05, 3.63) is 32.5 Å². The molecule has 19 heavy (non-hydrogen) atoms. The maximum Gasteiger partial charge on any atom is 0.265 e. The van der Waals surface area contributed by atoms with Crippen LogP contribution in [0.25, 0.3) is 0 Å². The molecule has 0 spiro atoms. The smallest absolute Gasteiger partial charge is 0.261 e. The number of nitrogens with zero attached hydrogens (tertiary/aromatic N) is 2. The van der Waals surface area contributed by atoms with Crippen molar-refractivity contribution in [2.75, 3.05) is 4.72 Å². The highest BCUT2D eigenvalue weighted by molar-refractivity contribution is 9.11. The number of benzene rings is 1. The van der Waals surface area contributed by atoms with Crippen LogP contribution in [-0.4, -0.2) is 23.6 Å². The molecule has 2 rings (SSSR count). The lowest BCUT2D eigenvalue weighted by Crippen LogP contribution is -2.14. The number of aromatic nitrogens is 3. The van der Waals surface area contributed by atoms with Crippen LogP contribution in [0.2, 0.25) is 0 Å². The molecule has 1 aromatic carbocycles. The second-order valence-electron chi connectivity index (χ2n) is 3.88. The molecular weight excluding hydrogens is 400 g/mol. The van der Waals surface area contributed by atoms with Crippen molar-refractivity contribution in [1.82, 2.24) is 15.2 Å². The maximum absolute atomic E-state index is 12.2. The minimum Gasteiger partial charge on any atom is -0.261 e. The zero-order valence-corrected chi connectivity index (χ0v) is 14.0. The van der Waals surface area contributed by atoms with Gasteiger partial charge in [0.2, 0.25) is 0 Å². The summed E-state index contributed by atoms with van der Waals surface area (Å²) in [6.07, 6.45) is 0. The monoisotopic (exact) mass is 408 g/mol. The van der Waals surface area contributed by atoms with E-state index in [0.717, 1.165) is 5.56 Å². The number of H-pyrrole nitrogens is 1. The van der Waals surface area contributed by atoms with Gasteiger partial charge in [0.1, 0.15) is 10.7 Å². The summed E-state index contributed by atoms with van der Waals surface area (Å²) < 4.78 is 28.0. The van der Waals surface area contributed by atoms with Gasteiger partial charge >= 0.3 is 0 Å². The molecule has 102 valence electrons. The molecule has 2 N–H and O–H groups in total. The minimum atomic E-state index is -3.74. The van der Waals surface area contributed by atoms with E-state index in [4.69, 9.17) is 0 Å². The molecule has 1 heterocycles. The molecule has 0 fully saturated rings. The summed E-state index contributed by atoms with van der Waals surface area (Å²) >= 11 is 6.56. The Morgan fingerprint density at radius 3 is 2.47 bits per heavy atom. The van der Waals surface area contributed by atoms with Crippen molar-refractivity contribution in [2.24, 2.45) is 0 Å². The van der Waals surface area contributed by atoms with Crippen LogP contribution in [0.5, 0.6) is 0 Å². The number of sulfonamides is 1. The molecule has 0 aliphatic heterocycles. The van der Waals surface area contributed by atoms with Crippen molar-refractivity contribution >= 4 is 47.8 Å². The molecule has 0 bridgehead atoms. The quantitative estimate of drug-likeness (QED) is 0.815. The van der Waals surface area contributed by atoms with Crippen LogP contribution in [0.15, 0.2) is 26.0 Å². The number of nitrogens with one attached hydrogen (secondary N) is 2. The average molecular weight is 410 g/mol. The van der Waals surface area contributed by atoms with E-state index in [9.17, 15) is 8.42 Å². The van der Waals surface area contributed by atoms with E-state index in [-0.39, 0.29) is 10.8 Å². The van der Waals surface area contributed by atoms with E-state index >= 15 is 0 Å². The molecule has 0 saturated carbocycles. The van der Waals surface area contributed by atoms with E-state index in [0.29, 0.717) is 14.8 Å². The van der Waals surface area contributed by atoms with Gasteiger partial charge < -0.3 is 0 Å². The zero-order valence-electron chi connectivity index (χ0n) is 10.0. The maximum atomic E-state index is 12.2. The third-order valence-electron chi connectivity index (χ3n) is 2.33. The first-order valence-corrected chi connectivity index (χ1v) is 8.24. The Balaban J connectivity index is 2.42. The van der Waals surface area contributed by atoms with Crippen LogP contribution in [0.1, 0.15) is 11.4 Å². The van der Waals surface area contributed by atoms with Gasteiger partial charge in [-0.2, -0.15) is 4.98 Å². The Kier molecular flexibility index (Phi) is 3.98. The highest BCUT2D eigenvalue weighted by Gasteiger charge is 2.20. The van der Waals surface area contributed by atoms with Gasteiger partial charge in [0, 0.05) is 8.95 Å². The zero-order chi connectivity index (χ0) is 14.2. The van der Waals surface area contributed by atoms with E-state index in [1.54, 1.807) is 13.0 Å². The van der Waals surface area contributed by atoms with Crippen LogP contribution in [0, 0.1) is 13.8 Å². The second kappa shape index (κ2) is 5.22. The fourth-order valence-corrected chi connectivity index (χ4v) is 4.02. The van der Waals surface area contributed by atoms with Gasteiger partial charge in [-0.05, 0) is 47.5 Å². The Morgan fingerprint density at radius 1 is 1.21 bits per heavy atom. The lowest BCUT2D eigenvalue weighted by Gasteiger charge is -2.09. The predicted molar refractivity (Wildman–Crippen MR) is 78.5 cm³/mol. The van der Waals surface area contributed by atoms with Crippen LogP contribution >= 0.6 is 31.9 Å². The Hall–Kier alpha value is -0.930. The van der Waals surface area contributed by atoms with E-state index in [1.165, 1.54) is 6.07 Å². The van der Waals surface area contributed by atoms with Crippen LogP contribution < -0.4 is 4.72 Å². The molecule has 0 amide bonds. The summed E-state index contributed by atoms with van der Waals surface area (Å²) in [5.41, 5.74) is 0.930. The highest BCUT2D eigenvalue weighted by Crippen LogP contribution is 2.29. The summed E-state index contributed by atoms with van der Waals surface area (Å²) in [7, 11) is -3.74. The lowest BCUT2D eigenvalue weighted by atomic mass is 10.2. The number of hydrogen-bond donors (Lipinski definition) is 2. The number of aryl methyl sites for hydroxylation is 2. The largest absolute Gasteiger partial charge is 0.265 e. The van der Waals surface area contributed by atoms with E-state index < -0.39 is 10.0 Å². The summed E-state index contributed by atoms with van der Waals surface area (Å²) in [5, 5.41) is 6.31. The summed E-state index contributed by atoms with van der Waals surface area (Å²) in [5.74, 6) is 0.544. The van der Waals surface area contributed by atoms with Gasteiger partial charge in [-0.3, -0.25) is 5.10 Å². The highest BCUT2D eigenvalue weighted by atomic mass is 79.9. The summed E-state index contributed by atoms with van der Waals surface area (Å²) in [4.78, 5) is 4.03. The average Bonchev–Trinajstić information content (AvgIpc) is 2.68. The van der Waals surface area contributed by atoms with Crippen molar-refractivity contribution in [2.45, 2.75) is 18.7 Å². The van der Waals surface area contributed by atoms with Crippen molar-refractivity contribution < 1.29 is 8.42 Å². The summed E-state index contributed by atoms with van der Waals surface area (Å²) in [6.45, 7) is 3.56. The lowest BCUT2D eigenvalue weighted by molar-refractivity contribution is 0.600. The third-order valence-corrected chi connectivity index (χ3v) is 5.47. The van der Waals surface area contributed by atoms with E-state index in [2.05, 4.69) is 51.8 Å². The minimum absolute atomic E-state index is 0.0149. The molecule has 0 aliphatic rings. The Morgan fingerprint density at radius 2 is 1.89 bits per heavy atom. The molecular formula is C10H10Br2N4O2S. The van der Waals surface area contributed by atoms with Gasteiger partial charge in [-0.15, -0.1) is 5.10 Å². The molecule has 9 heteroatoms. The van der Waals surface area contributed by atoms with Crippen molar-refractivity contribution in [1.29, 1.82) is 0 Å². The number of aromatic amines is 1. The number of rotatable bonds is 3. The Labute approximate surface area is 127 Å². The third kappa shape index (κ3) is 3.15. The molecule has 0 aliphatic carbocycles. The molecule has 6 nitrogen and oxygen atoms in total. The molecule has 0 saturated heterocycles. The molecule has 0 radical (unpaired) electrons. The molecule has 0 unspecified atom stereocenters. The van der Waals surface area contributed by atoms with Gasteiger partial charge in [0.05, 0.1) is 0 Å². The van der Waals surface area contributed by atoms with Crippen molar-refractivity contribution in [3.63, 3.8) is 0 Å². The molecule has 1 aromatic heterocycles. The van der Waals surface area contributed by atoms with Crippen molar-refractivity contribution in [3.8, 4) is 0 Å². The van der Waals surface area contributed by atoms with Crippen LogP contribution in [-0.2, 0) is 10.0 Å². The topological polar surface area (TPSA) is 87.7 Å². The van der Waals surface area contributed by atoms with Gasteiger partial charge in [0.25, 0.3) is 16.0 Å². The Bertz CT molecular complexity index is 727. The number of hydrogen-bond acceptors (Lipinski definition) is 4. The number of anilines is 1. The van der Waals surface area contributed by atoms with Gasteiger partial charge in [-0.25, -0.2) is 13.1 Å². The predicted octanol–water partition coefficient (Wildman–Crippen LogP) is 2.75. The van der Waals surface area contributed by atoms with Gasteiger partial charge in [0.15, 0.2) is 0 Å². The fraction of sp³-hybridized carbons (Fsp3) is 0.200. The molecule has 0 atom stereocenters. The fourth-order valence-electron chi connectivity index (χ4n) is 1.40. The second-order valence-corrected chi connectivity index (χ2v) is 7.24. The van der Waals surface area contributed by atoms with Crippen LogP contribution in [0.3, 0.4) is 0 Å². The van der Waals surface area contributed by atoms with Crippen LogP contribution in [0.4, 0.5) is 5.95 Å². The molecule has 2 aromatic rings. The summed E-state index contributed by atoms with van der Waals surface area (Å²) in [6, 6.07) is 3.25. The van der Waals surface area contributed by atoms with E-state index in [1.807, 2.05) is 6.92 Å². The normalized spacial score (nSPS) is 11.6. The first kappa shape index (κ1) is 14.5. The number of halogens is 2.